The van der Waals surface area contributed by atoms with Crippen LogP contribution < -0.4 is 5.32 Å². The maximum atomic E-state index is 12.2. The van der Waals surface area contributed by atoms with Gasteiger partial charge in [0.2, 0.25) is 5.91 Å². The molecular weight excluding hydrogens is 332 g/mol. The molecule has 0 fully saturated rings. The van der Waals surface area contributed by atoms with Gasteiger partial charge in [0.15, 0.2) is 5.82 Å². The highest BCUT2D eigenvalue weighted by molar-refractivity contribution is 7.09. The molecule has 0 bridgehead atoms. The molecule has 0 aromatic carbocycles. The van der Waals surface area contributed by atoms with Gasteiger partial charge in [-0.15, -0.1) is 11.3 Å². The lowest BCUT2D eigenvalue weighted by atomic mass is 10.1. The molecule has 0 aliphatic rings. The summed E-state index contributed by atoms with van der Waals surface area (Å²) < 4.78 is 0. The first-order valence-corrected chi connectivity index (χ1v) is 9.07. The van der Waals surface area contributed by atoms with Crippen molar-refractivity contribution in [2.75, 3.05) is 0 Å². The van der Waals surface area contributed by atoms with E-state index in [4.69, 9.17) is 0 Å². The molecule has 3 aromatic heterocycles. The first-order valence-electron chi connectivity index (χ1n) is 8.19. The molecule has 3 aromatic rings. The predicted octanol–water partition coefficient (Wildman–Crippen LogP) is 3.72. The molecule has 0 spiro atoms. The van der Waals surface area contributed by atoms with Gasteiger partial charge in [-0.25, -0.2) is 9.97 Å². The minimum absolute atomic E-state index is 0.0403. The Morgan fingerprint density at radius 3 is 2.76 bits per heavy atom. The van der Waals surface area contributed by atoms with E-state index in [0.29, 0.717) is 12.2 Å². The Morgan fingerprint density at radius 1 is 1.28 bits per heavy atom. The van der Waals surface area contributed by atoms with Crippen molar-refractivity contribution in [3.63, 3.8) is 0 Å². The summed E-state index contributed by atoms with van der Waals surface area (Å²) >= 11 is 1.68. The zero-order valence-electron chi connectivity index (χ0n) is 14.3. The molecule has 0 saturated heterocycles. The van der Waals surface area contributed by atoms with Crippen LogP contribution in [-0.4, -0.2) is 20.9 Å². The zero-order chi connectivity index (χ0) is 17.6. The van der Waals surface area contributed by atoms with E-state index in [1.807, 2.05) is 37.4 Å². The third-order valence-electron chi connectivity index (χ3n) is 3.98. The summed E-state index contributed by atoms with van der Waals surface area (Å²) in [7, 11) is 0. The van der Waals surface area contributed by atoms with Crippen LogP contribution in [0.4, 0.5) is 0 Å². The topological polar surface area (TPSA) is 67.8 Å². The van der Waals surface area contributed by atoms with Crippen molar-refractivity contribution in [2.45, 2.75) is 32.7 Å². The van der Waals surface area contributed by atoms with Crippen LogP contribution in [0.1, 0.15) is 35.5 Å². The molecule has 25 heavy (non-hydrogen) atoms. The first kappa shape index (κ1) is 17.2. The van der Waals surface area contributed by atoms with E-state index in [1.165, 1.54) is 4.88 Å². The number of hydrogen-bond acceptors (Lipinski definition) is 5. The molecule has 0 saturated carbocycles. The molecule has 6 heteroatoms. The monoisotopic (exact) mass is 352 g/mol. The smallest absolute Gasteiger partial charge is 0.220 e. The quantitative estimate of drug-likeness (QED) is 0.734. The number of pyridine rings is 1. The number of hydrogen-bond donors (Lipinski definition) is 1. The lowest BCUT2D eigenvalue weighted by Gasteiger charge is -2.16. The number of amides is 1. The van der Waals surface area contributed by atoms with Gasteiger partial charge in [-0.3, -0.25) is 9.78 Å². The largest absolute Gasteiger partial charge is 0.349 e. The van der Waals surface area contributed by atoms with E-state index >= 15 is 0 Å². The molecule has 5 nitrogen and oxygen atoms in total. The van der Waals surface area contributed by atoms with Crippen molar-refractivity contribution in [3.8, 4) is 11.4 Å². The minimum atomic E-state index is -0.123. The standard InChI is InChI=1S/C19H20N4OS/c1-13(22-18(24)6-5-16-4-3-11-25-16)17-12-21-19(23-14(17)2)15-7-9-20-10-8-15/h3-4,7-13H,5-6H2,1-2H3,(H,22,24). The summed E-state index contributed by atoms with van der Waals surface area (Å²) in [6.45, 7) is 3.90. The van der Waals surface area contributed by atoms with E-state index in [2.05, 4.69) is 26.3 Å². The number of rotatable bonds is 6. The fourth-order valence-corrected chi connectivity index (χ4v) is 3.33. The van der Waals surface area contributed by atoms with E-state index in [-0.39, 0.29) is 11.9 Å². The Hall–Kier alpha value is -2.60. The number of thiophene rings is 1. The number of aryl methyl sites for hydroxylation is 2. The molecule has 1 atom stereocenters. The Balaban J connectivity index is 1.63. The van der Waals surface area contributed by atoms with Crippen molar-refractivity contribution in [1.29, 1.82) is 0 Å². The van der Waals surface area contributed by atoms with Gasteiger partial charge in [0.05, 0.1) is 6.04 Å². The summed E-state index contributed by atoms with van der Waals surface area (Å²) in [5.41, 5.74) is 2.73. The van der Waals surface area contributed by atoms with Crippen molar-refractivity contribution in [2.24, 2.45) is 0 Å². The maximum absolute atomic E-state index is 12.2. The normalized spacial score (nSPS) is 11.9. The number of carbonyl (C=O) groups is 1. The molecule has 0 radical (unpaired) electrons. The van der Waals surface area contributed by atoms with Gasteiger partial charge in [0.25, 0.3) is 0 Å². The Labute approximate surface area is 151 Å². The molecule has 3 heterocycles. The molecule has 1 amide bonds. The Kier molecular flexibility index (Phi) is 5.50. The van der Waals surface area contributed by atoms with Crippen LogP contribution in [0.3, 0.4) is 0 Å². The lowest BCUT2D eigenvalue weighted by molar-refractivity contribution is -0.121. The number of aromatic nitrogens is 3. The van der Waals surface area contributed by atoms with Crippen LogP contribution in [0.2, 0.25) is 0 Å². The highest BCUT2D eigenvalue weighted by Gasteiger charge is 2.14. The van der Waals surface area contributed by atoms with Crippen molar-refractivity contribution < 1.29 is 4.79 Å². The molecule has 128 valence electrons. The van der Waals surface area contributed by atoms with E-state index in [0.717, 1.165) is 23.2 Å². The Morgan fingerprint density at radius 2 is 2.08 bits per heavy atom. The summed E-state index contributed by atoms with van der Waals surface area (Å²) in [4.78, 5) is 26.4. The molecule has 1 N–H and O–H groups in total. The SMILES string of the molecule is Cc1nc(-c2ccncc2)ncc1C(C)NC(=O)CCc1cccs1. The molecule has 0 aliphatic heterocycles. The van der Waals surface area contributed by atoms with Crippen LogP contribution in [0.25, 0.3) is 11.4 Å². The lowest BCUT2D eigenvalue weighted by Crippen LogP contribution is -2.27. The van der Waals surface area contributed by atoms with E-state index in [9.17, 15) is 4.79 Å². The molecular formula is C19H20N4OS. The number of nitrogens with one attached hydrogen (secondary N) is 1. The fourth-order valence-electron chi connectivity index (χ4n) is 2.62. The number of nitrogens with zero attached hydrogens (tertiary/aromatic N) is 3. The van der Waals surface area contributed by atoms with Crippen LogP contribution in [0, 0.1) is 6.92 Å². The van der Waals surface area contributed by atoms with Crippen LogP contribution in [0.5, 0.6) is 0 Å². The predicted molar refractivity (Wildman–Crippen MR) is 99.2 cm³/mol. The summed E-state index contributed by atoms with van der Waals surface area (Å²) in [6, 6.07) is 7.69. The fraction of sp³-hybridized carbons (Fsp3) is 0.263. The third-order valence-corrected chi connectivity index (χ3v) is 4.91. The first-order chi connectivity index (χ1) is 12.1. The van der Waals surface area contributed by atoms with Crippen molar-refractivity contribution in [3.05, 3.63) is 64.4 Å². The van der Waals surface area contributed by atoms with Crippen molar-refractivity contribution >= 4 is 17.2 Å². The second kappa shape index (κ2) is 7.98. The average molecular weight is 352 g/mol. The summed E-state index contributed by atoms with van der Waals surface area (Å²) in [5.74, 6) is 0.707. The Bertz CT molecular complexity index is 834. The second-order valence-corrected chi connectivity index (χ2v) is 6.87. The maximum Gasteiger partial charge on any atom is 0.220 e. The summed E-state index contributed by atoms with van der Waals surface area (Å²) in [6.07, 6.45) is 6.49. The molecule has 1 unspecified atom stereocenters. The second-order valence-electron chi connectivity index (χ2n) is 5.84. The minimum Gasteiger partial charge on any atom is -0.349 e. The van der Waals surface area contributed by atoms with Gasteiger partial charge >= 0.3 is 0 Å². The van der Waals surface area contributed by atoms with Gasteiger partial charge in [-0.1, -0.05) is 6.07 Å². The van der Waals surface area contributed by atoms with Gasteiger partial charge in [-0.2, -0.15) is 0 Å². The van der Waals surface area contributed by atoms with Gasteiger partial charge in [-0.05, 0) is 43.8 Å². The molecule has 3 rings (SSSR count). The third kappa shape index (κ3) is 4.48. The van der Waals surface area contributed by atoms with Gasteiger partial charge < -0.3 is 5.32 Å². The van der Waals surface area contributed by atoms with Crippen LogP contribution >= 0.6 is 11.3 Å². The number of carbonyl (C=O) groups excluding carboxylic acids is 1. The highest BCUT2D eigenvalue weighted by atomic mass is 32.1. The highest BCUT2D eigenvalue weighted by Crippen LogP contribution is 2.19. The van der Waals surface area contributed by atoms with Gasteiger partial charge in [0.1, 0.15) is 0 Å². The van der Waals surface area contributed by atoms with Gasteiger partial charge in [0, 0.05) is 46.7 Å². The zero-order valence-corrected chi connectivity index (χ0v) is 15.1. The van der Waals surface area contributed by atoms with Crippen LogP contribution in [0.15, 0.2) is 48.2 Å². The van der Waals surface area contributed by atoms with Crippen LogP contribution in [-0.2, 0) is 11.2 Å². The summed E-state index contributed by atoms with van der Waals surface area (Å²) in [5, 5.41) is 5.06. The molecule has 0 aliphatic carbocycles. The van der Waals surface area contributed by atoms with Crippen molar-refractivity contribution in [1.82, 2.24) is 20.3 Å². The van der Waals surface area contributed by atoms with E-state index < -0.39 is 0 Å². The average Bonchev–Trinajstić information content (AvgIpc) is 3.14. The van der Waals surface area contributed by atoms with E-state index in [1.54, 1.807) is 29.9 Å².